The summed E-state index contributed by atoms with van der Waals surface area (Å²) in [4.78, 5) is 0. The van der Waals surface area contributed by atoms with E-state index in [4.69, 9.17) is 0 Å². The Balaban J connectivity index is 3.03. The molecule has 0 aliphatic carbocycles. The van der Waals surface area contributed by atoms with Gasteiger partial charge in [0.1, 0.15) is 5.82 Å². The second-order valence-corrected chi connectivity index (χ2v) is 1.53. The Labute approximate surface area is 48.0 Å². The number of hydrogen-bond donors (Lipinski definition) is 0. The average molecular weight is 108 g/mol. The predicted molar refractivity (Wildman–Crippen MR) is 29.7 cm³/mol. The molecule has 0 saturated carbocycles. The topological polar surface area (TPSA) is 0 Å². The maximum Gasteiger partial charge on any atom is 0.123 e. The zero-order chi connectivity index (χ0) is 5.98. The van der Waals surface area contributed by atoms with Crippen molar-refractivity contribution in [2.45, 2.75) is 0 Å². The fourth-order valence-electron chi connectivity index (χ4n) is 0.438. The summed E-state index contributed by atoms with van der Waals surface area (Å²) < 4.78 is 12.0. The third kappa shape index (κ3) is 1.06. The van der Waals surface area contributed by atoms with Crippen LogP contribution in [0.5, 0.6) is 0 Å². The Morgan fingerprint density at radius 2 is 2.25 bits per heavy atom. The lowest BCUT2D eigenvalue weighted by molar-refractivity contribution is 0.627. The van der Waals surface area contributed by atoms with Crippen LogP contribution in [0, 0.1) is 18.8 Å². The Bertz CT molecular complexity index is 143. The van der Waals surface area contributed by atoms with Gasteiger partial charge in [0.15, 0.2) is 0 Å². The van der Waals surface area contributed by atoms with Crippen molar-refractivity contribution in [3.8, 4) is 0 Å². The molecule has 0 aliphatic heterocycles. The lowest BCUT2D eigenvalue weighted by Crippen LogP contribution is -1.72. The zero-order valence-corrected chi connectivity index (χ0v) is 4.32. The van der Waals surface area contributed by atoms with Crippen LogP contribution in [0.3, 0.4) is 0 Å². The monoisotopic (exact) mass is 108 g/mol. The minimum Gasteiger partial charge on any atom is -0.207 e. The summed E-state index contributed by atoms with van der Waals surface area (Å²) in [6, 6.07) is 6.82. The first kappa shape index (κ1) is 5.29. The van der Waals surface area contributed by atoms with Crippen molar-refractivity contribution in [2.75, 3.05) is 0 Å². The van der Waals surface area contributed by atoms with Crippen LogP contribution in [0.1, 0.15) is 5.56 Å². The highest BCUT2D eigenvalue weighted by Crippen LogP contribution is 1.97. The summed E-state index contributed by atoms with van der Waals surface area (Å²) in [6.45, 7) is 3.54. The van der Waals surface area contributed by atoms with Gasteiger partial charge in [0.25, 0.3) is 0 Å². The van der Waals surface area contributed by atoms with Gasteiger partial charge in [0.05, 0.1) is 0 Å². The van der Waals surface area contributed by atoms with E-state index >= 15 is 0 Å². The van der Waals surface area contributed by atoms with Crippen molar-refractivity contribution in [3.63, 3.8) is 0 Å². The van der Waals surface area contributed by atoms with E-state index in [1.165, 1.54) is 12.1 Å². The number of rotatable bonds is 0. The van der Waals surface area contributed by atoms with Crippen molar-refractivity contribution in [2.24, 2.45) is 0 Å². The largest absolute Gasteiger partial charge is 0.207 e. The van der Waals surface area contributed by atoms with E-state index in [1.807, 2.05) is 0 Å². The molecule has 40 valence electrons. The molecule has 1 aromatic carbocycles. The van der Waals surface area contributed by atoms with Crippen LogP contribution >= 0.6 is 0 Å². The van der Waals surface area contributed by atoms with Crippen LogP contribution in [0.15, 0.2) is 18.2 Å². The molecule has 0 aliphatic rings. The fourth-order valence-corrected chi connectivity index (χ4v) is 0.438. The van der Waals surface area contributed by atoms with Gasteiger partial charge in [-0.2, -0.15) is 0 Å². The lowest BCUT2D eigenvalue weighted by Gasteiger charge is -1.85. The van der Waals surface area contributed by atoms with E-state index in [9.17, 15) is 4.39 Å². The van der Waals surface area contributed by atoms with Gasteiger partial charge in [-0.1, -0.05) is 6.07 Å². The van der Waals surface area contributed by atoms with Crippen molar-refractivity contribution in [1.82, 2.24) is 0 Å². The van der Waals surface area contributed by atoms with Gasteiger partial charge in [-0.3, -0.25) is 0 Å². The van der Waals surface area contributed by atoms with Gasteiger partial charge in [-0.05, 0) is 30.7 Å². The molecule has 0 saturated heterocycles. The third-order valence-electron chi connectivity index (χ3n) is 0.839. The van der Waals surface area contributed by atoms with Crippen LogP contribution in [0.4, 0.5) is 4.39 Å². The fraction of sp³-hybridized carbons (Fsp3) is 0. The van der Waals surface area contributed by atoms with Crippen LogP contribution in [0.2, 0.25) is 0 Å². The molecular weight excluding hydrogens is 103 g/mol. The lowest BCUT2D eigenvalue weighted by atomic mass is 10.2. The van der Waals surface area contributed by atoms with Crippen molar-refractivity contribution in [1.29, 1.82) is 0 Å². The Morgan fingerprint density at radius 3 is 2.62 bits per heavy atom. The first-order valence-electron chi connectivity index (χ1n) is 2.28. The maximum atomic E-state index is 12.0. The second-order valence-electron chi connectivity index (χ2n) is 1.53. The minimum absolute atomic E-state index is 0.266. The Kier molecular flexibility index (Phi) is 1.29. The molecule has 0 N–H and O–H groups in total. The molecule has 0 bridgehead atoms. The molecule has 8 heavy (non-hydrogen) atoms. The maximum absolute atomic E-state index is 12.0. The van der Waals surface area contributed by atoms with Crippen molar-refractivity contribution < 1.29 is 4.39 Å². The number of halogens is 1. The van der Waals surface area contributed by atoms with E-state index in [0.717, 1.165) is 0 Å². The van der Waals surface area contributed by atoms with Gasteiger partial charge in [0, 0.05) is 0 Å². The first-order chi connectivity index (χ1) is 3.79. The predicted octanol–water partition coefficient (Wildman–Crippen LogP) is 1.81. The third-order valence-corrected chi connectivity index (χ3v) is 0.839. The van der Waals surface area contributed by atoms with Gasteiger partial charge >= 0.3 is 0 Å². The molecule has 0 unspecified atom stereocenters. The summed E-state index contributed by atoms with van der Waals surface area (Å²) in [5, 5.41) is 0. The van der Waals surface area contributed by atoms with Gasteiger partial charge in [0.2, 0.25) is 0 Å². The molecule has 0 spiro atoms. The van der Waals surface area contributed by atoms with Crippen molar-refractivity contribution in [3.05, 3.63) is 42.6 Å². The quantitative estimate of drug-likeness (QED) is 0.475. The minimum atomic E-state index is -0.266. The molecule has 0 aromatic heterocycles. The van der Waals surface area contributed by atoms with Crippen LogP contribution in [-0.4, -0.2) is 0 Å². The van der Waals surface area contributed by atoms with E-state index in [2.05, 4.69) is 13.0 Å². The summed E-state index contributed by atoms with van der Waals surface area (Å²) in [5.41, 5.74) is 0.714. The molecule has 0 atom stereocenters. The van der Waals surface area contributed by atoms with Gasteiger partial charge < -0.3 is 0 Å². The van der Waals surface area contributed by atoms with E-state index in [0.29, 0.717) is 5.56 Å². The van der Waals surface area contributed by atoms with E-state index in [1.54, 1.807) is 6.07 Å². The summed E-state index contributed by atoms with van der Waals surface area (Å²) in [6.07, 6.45) is 0. The average Bonchev–Trinajstić information content (AvgIpc) is 1.77. The molecule has 0 amide bonds. The first-order valence-corrected chi connectivity index (χ1v) is 2.28. The van der Waals surface area contributed by atoms with Crippen LogP contribution < -0.4 is 0 Å². The molecule has 0 fully saturated rings. The van der Waals surface area contributed by atoms with Crippen LogP contribution in [0.25, 0.3) is 0 Å². The number of hydrogen-bond acceptors (Lipinski definition) is 0. The summed E-state index contributed by atoms with van der Waals surface area (Å²) in [5.74, 6) is -0.266. The molecule has 2 radical (unpaired) electrons. The molecule has 1 aromatic rings. The number of benzene rings is 1. The summed E-state index contributed by atoms with van der Waals surface area (Å²) in [7, 11) is 0. The molecular formula is C7H5F. The molecule has 1 rings (SSSR count). The Morgan fingerprint density at radius 1 is 1.50 bits per heavy atom. The van der Waals surface area contributed by atoms with E-state index < -0.39 is 0 Å². The standard InChI is InChI=1S/C7H5F/c1-6-2-4-7(8)5-3-6/h2,4-5H,1H2. The molecule has 0 heterocycles. The smallest absolute Gasteiger partial charge is 0.123 e. The van der Waals surface area contributed by atoms with Gasteiger partial charge in [-0.15, -0.1) is 0 Å². The SMILES string of the molecule is [CH2]c1[c]cc(F)cc1. The van der Waals surface area contributed by atoms with Crippen molar-refractivity contribution >= 4 is 0 Å². The normalized spacial score (nSPS) is 9.25. The Hall–Kier alpha value is -0.850. The van der Waals surface area contributed by atoms with Gasteiger partial charge in [-0.25, -0.2) is 4.39 Å². The highest BCUT2D eigenvalue weighted by atomic mass is 19.1. The molecule has 1 heteroatoms. The molecule has 0 nitrogen and oxygen atoms in total. The highest BCUT2D eigenvalue weighted by Gasteiger charge is 1.84. The van der Waals surface area contributed by atoms with E-state index in [-0.39, 0.29) is 5.82 Å². The summed E-state index contributed by atoms with van der Waals surface area (Å²) >= 11 is 0. The van der Waals surface area contributed by atoms with Crippen LogP contribution in [-0.2, 0) is 0 Å². The highest BCUT2D eigenvalue weighted by molar-refractivity contribution is 5.16. The second kappa shape index (κ2) is 1.95. The zero-order valence-electron chi connectivity index (χ0n) is 4.32.